The van der Waals surface area contributed by atoms with Crippen LogP contribution in [0.2, 0.25) is 0 Å². The Balaban J connectivity index is 1.27. The fourth-order valence-electron chi connectivity index (χ4n) is 9.54. The van der Waals surface area contributed by atoms with E-state index in [-0.39, 0.29) is 17.1 Å². The van der Waals surface area contributed by atoms with Crippen molar-refractivity contribution in [2.45, 2.75) is 134 Å². The number of fused-ring (bicyclic) bond motifs is 5. The van der Waals surface area contributed by atoms with Crippen molar-refractivity contribution in [2.24, 2.45) is 28.6 Å². The quantitative estimate of drug-likeness (QED) is 0.234. The molecule has 0 aromatic heterocycles. The zero-order valence-corrected chi connectivity index (χ0v) is 25.4. The van der Waals surface area contributed by atoms with E-state index in [9.17, 15) is 35.4 Å². The van der Waals surface area contributed by atoms with Crippen LogP contribution in [0.25, 0.3) is 0 Å². The Labute approximate surface area is 252 Å². The summed E-state index contributed by atoms with van der Waals surface area (Å²) in [6, 6.07) is 0. The SMILES string of the molecule is CC(=O)C1=CC[C@H]2[C@@H]3CC=C4C[C@@H](O)C[C@@H](O[C@@H]5O[C@@H](CO)[C@H](O)[C@H]5O[C@@H]5O[C@@H](C)[C@H](O)[C@@H](O)[C@H]5O)[C@]4(C)[C@H]3CC[C@]12C. The molecule has 2 heterocycles. The van der Waals surface area contributed by atoms with Gasteiger partial charge in [-0.15, -0.1) is 0 Å². The molecule has 0 bridgehead atoms. The first kappa shape index (κ1) is 31.7. The number of aliphatic hydroxyl groups is 6. The van der Waals surface area contributed by atoms with Crippen LogP contribution in [0.5, 0.6) is 0 Å². The highest BCUT2D eigenvalue weighted by Gasteiger charge is 2.61. The van der Waals surface area contributed by atoms with Crippen molar-refractivity contribution in [3.63, 3.8) is 0 Å². The second-order valence-corrected chi connectivity index (χ2v) is 14.2. The number of Topliss-reactive ketones (excluding diaryl/α,β-unsaturated/α-hetero) is 1. The molecule has 0 amide bonds. The lowest BCUT2D eigenvalue weighted by atomic mass is 9.46. The zero-order valence-electron chi connectivity index (χ0n) is 25.4. The number of ketones is 1. The maximum absolute atomic E-state index is 12.5. The Kier molecular flexibility index (Phi) is 8.50. The summed E-state index contributed by atoms with van der Waals surface area (Å²) in [5.41, 5.74) is 1.49. The van der Waals surface area contributed by atoms with Crippen LogP contribution >= 0.6 is 0 Å². The van der Waals surface area contributed by atoms with Crippen LogP contribution in [-0.4, -0.2) is 111 Å². The normalized spacial score (nSPS) is 53.0. The molecule has 6 aliphatic rings. The van der Waals surface area contributed by atoms with E-state index in [4.69, 9.17) is 18.9 Å². The van der Waals surface area contributed by atoms with E-state index >= 15 is 0 Å². The van der Waals surface area contributed by atoms with Gasteiger partial charge in [0, 0.05) is 11.8 Å². The summed E-state index contributed by atoms with van der Waals surface area (Å²) in [7, 11) is 0. The molecule has 0 radical (unpaired) electrons. The molecule has 16 atom stereocenters. The Morgan fingerprint density at radius 1 is 0.953 bits per heavy atom. The largest absolute Gasteiger partial charge is 0.394 e. The molecule has 2 saturated carbocycles. The van der Waals surface area contributed by atoms with Crippen molar-refractivity contribution in [3.05, 3.63) is 23.3 Å². The van der Waals surface area contributed by atoms with Gasteiger partial charge in [0.05, 0.1) is 24.9 Å². The second kappa shape index (κ2) is 11.5. The Morgan fingerprint density at radius 2 is 1.70 bits per heavy atom. The van der Waals surface area contributed by atoms with E-state index in [0.717, 1.165) is 36.8 Å². The van der Waals surface area contributed by atoms with Crippen molar-refractivity contribution in [2.75, 3.05) is 6.61 Å². The molecule has 2 saturated heterocycles. The van der Waals surface area contributed by atoms with Crippen LogP contribution in [0.15, 0.2) is 23.3 Å². The van der Waals surface area contributed by atoms with E-state index in [2.05, 4.69) is 26.0 Å². The predicted octanol–water partition coefficient (Wildman–Crippen LogP) is 0.721. The molecule has 0 unspecified atom stereocenters. The van der Waals surface area contributed by atoms with Gasteiger partial charge in [0.25, 0.3) is 0 Å². The van der Waals surface area contributed by atoms with Gasteiger partial charge in [-0.05, 0) is 74.7 Å². The zero-order chi connectivity index (χ0) is 31.0. The molecule has 43 heavy (non-hydrogen) atoms. The number of allylic oxidation sites excluding steroid dienone is 3. The first-order valence-electron chi connectivity index (χ1n) is 15.8. The van der Waals surface area contributed by atoms with Gasteiger partial charge in [-0.2, -0.15) is 0 Å². The van der Waals surface area contributed by atoms with E-state index < -0.39 is 79.5 Å². The topological polar surface area (TPSA) is 175 Å². The van der Waals surface area contributed by atoms with Gasteiger partial charge in [-0.25, -0.2) is 0 Å². The summed E-state index contributed by atoms with van der Waals surface area (Å²) in [5, 5.41) is 62.9. The van der Waals surface area contributed by atoms with E-state index in [1.54, 1.807) is 6.92 Å². The molecule has 0 spiro atoms. The maximum Gasteiger partial charge on any atom is 0.187 e. The number of carbonyl (C=O) groups excluding carboxylic acids is 1. The van der Waals surface area contributed by atoms with Crippen molar-refractivity contribution >= 4 is 5.78 Å². The third-order valence-electron chi connectivity index (χ3n) is 12.0. The van der Waals surface area contributed by atoms with Crippen LogP contribution in [0.3, 0.4) is 0 Å². The van der Waals surface area contributed by atoms with E-state index in [1.807, 2.05) is 0 Å². The lowest BCUT2D eigenvalue weighted by Crippen LogP contribution is -2.59. The van der Waals surface area contributed by atoms with Gasteiger partial charge in [-0.3, -0.25) is 4.79 Å². The van der Waals surface area contributed by atoms with Crippen LogP contribution in [0.1, 0.15) is 66.2 Å². The predicted molar refractivity (Wildman–Crippen MR) is 151 cm³/mol. The van der Waals surface area contributed by atoms with Crippen LogP contribution < -0.4 is 0 Å². The van der Waals surface area contributed by atoms with E-state index in [0.29, 0.717) is 24.7 Å². The van der Waals surface area contributed by atoms with Crippen molar-refractivity contribution in [1.82, 2.24) is 0 Å². The van der Waals surface area contributed by atoms with Gasteiger partial charge in [0.15, 0.2) is 18.4 Å². The van der Waals surface area contributed by atoms with Crippen molar-refractivity contribution in [3.8, 4) is 0 Å². The summed E-state index contributed by atoms with van der Waals surface area (Å²) in [6.07, 6.45) is -3.68. The Morgan fingerprint density at radius 3 is 2.40 bits per heavy atom. The number of aliphatic hydroxyl groups excluding tert-OH is 6. The number of hydrogen-bond acceptors (Lipinski definition) is 11. The highest BCUT2D eigenvalue weighted by Crippen LogP contribution is 2.65. The molecule has 4 aliphatic carbocycles. The first-order valence-corrected chi connectivity index (χ1v) is 15.8. The smallest absolute Gasteiger partial charge is 0.187 e. The fourth-order valence-corrected chi connectivity index (χ4v) is 9.54. The molecule has 11 nitrogen and oxygen atoms in total. The lowest BCUT2D eigenvalue weighted by molar-refractivity contribution is -0.326. The minimum absolute atomic E-state index is 0.147. The standard InChI is InChI=1S/C32H48O11/c1-14(34)19-7-8-20-18-6-5-16-11-17(35)12-23(32(16,4)21(18)9-10-31(19,20)3)42-30-28(25(37)22(13-33)41-30)43-29-27(39)26(38)24(36)15(2)40-29/h5,7,15,17-18,20-30,33,35-39H,6,8-13H2,1-4H3/t15-,17+,18-,20-,21-,22-,23+,24-,25-,26+,27+,28+,29-,30-,31+,32-/m0/s1. The Bertz CT molecular complexity index is 1140. The lowest BCUT2D eigenvalue weighted by Gasteiger charge is -2.59. The van der Waals surface area contributed by atoms with Gasteiger partial charge >= 0.3 is 0 Å². The summed E-state index contributed by atoms with van der Waals surface area (Å²) in [5.74, 6) is 1.05. The molecule has 2 aliphatic heterocycles. The molecule has 0 aromatic carbocycles. The molecule has 0 aromatic rings. The monoisotopic (exact) mass is 608 g/mol. The maximum atomic E-state index is 12.5. The number of hydrogen-bond donors (Lipinski definition) is 6. The minimum Gasteiger partial charge on any atom is -0.394 e. The van der Waals surface area contributed by atoms with Gasteiger partial charge in [0.2, 0.25) is 0 Å². The molecule has 6 rings (SSSR count). The number of rotatable bonds is 6. The van der Waals surface area contributed by atoms with E-state index in [1.165, 1.54) is 6.92 Å². The van der Waals surface area contributed by atoms with Gasteiger partial charge in [0.1, 0.15) is 36.6 Å². The first-order chi connectivity index (χ1) is 20.3. The average molecular weight is 609 g/mol. The summed E-state index contributed by atoms with van der Waals surface area (Å²) in [4.78, 5) is 12.5. The molecule has 6 N–H and O–H groups in total. The number of ether oxygens (including phenoxy) is 4. The van der Waals surface area contributed by atoms with Crippen molar-refractivity contribution < 1.29 is 54.4 Å². The summed E-state index contributed by atoms with van der Waals surface area (Å²) < 4.78 is 24.3. The summed E-state index contributed by atoms with van der Waals surface area (Å²) >= 11 is 0. The van der Waals surface area contributed by atoms with Gasteiger partial charge in [-0.1, -0.05) is 31.6 Å². The Hall–Kier alpha value is -1.25. The molecular formula is C32H48O11. The second-order valence-electron chi connectivity index (χ2n) is 14.2. The molecule has 11 heteroatoms. The highest BCUT2D eigenvalue weighted by molar-refractivity contribution is 5.95. The third kappa shape index (κ3) is 4.99. The fraction of sp³-hybridized carbons (Fsp3) is 0.844. The average Bonchev–Trinajstić information content (AvgIpc) is 3.47. The minimum atomic E-state index is -1.59. The van der Waals surface area contributed by atoms with Crippen LogP contribution in [0, 0.1) is 28.6 Å². The highest BCUT2D eigenvalue weighted by atomic mass is 16.8. The summed E-state index contributed by atoms with van der Waals surface area (Å²) in [6.45, 7) is 7.12. The number of carbonyl (C=O) groups is 1. The van der Waals surface area contributed by atoms with Crippen molar-refractivity contribution in [1.29, 1.82) is 0 Å². The molecular weight excluding hydrogens is 560 g/mol. The van der Waals surface area contributed by atoms with Gasteiger partial charge < -0.3 is 49.6 Å². The third-order valence-corrected chi connectivity index (χ3v) is 12.0. The van der Waals surface area contributed by atoms with Crippen LogP contribution in [0.4, 0.5) is 0 Å². The molecule has 242 valence electrons. The van der Waals surface area contributed by atoms with Crippen LogP contribution in [-0.2, 0) is 23.7 Å². The molecule has 4 fully saturated rings.